The summed E-state index contributed by atoms with van der Waals surface area (Å²) in [7, 11) is 0. The SMILES string of the molecule is O=C(Nc1cc(Br)ccc1Br)c1cc(O)ccc1Cl. The number of anilines is 1. The Bertz CT molecular complexity index is 647. The Kier molecular flexibility index (Phi) is 4.50. The van der Waals surface area contributed by atoms with Crippen molar-refractivity contribution in [2.45, 2.75) is 0 Å². The van der Waals surface area contributed by atoms with E-state index in [9.17, 15) is 9.90 Å². The fourth-order valence-electron chi connectivity index (χ4n) is 1.47. The van der Waals surface area contributed by atoms with E-state index in [4.69, 9.17) is 11.6 Å². The molecule has 0 saturated heterocycles. The molecule has 98 valence electrons. The van der Waals surface area contributed by atoms with Crippen molar-refractivity contribution >= 4 is 55.1 Å². The summed E-state index contributed by atoms with van der Waals surface area (Å²) in [5, 5.41) is 12.4. The van der Waals surface area contributed by atoms with Gasteiger partial charge in [0.25, 0.3) is 5.91 Å². The Hall–Kier alpha value is -1.04. The summed E-state index contributed by atoms with van der Waals surface area (Å²) in [6.07, 6.45) is 0. The van der Waals surface area contributed by atoms with E-state index in [1.165, 1.54) is 18.2 Å². The molecule has 0 heterocycles. The van der Waals surface area contributed by atoms with E-state index in [-0.39, 0.29) is 22.2 Å². The molecule has 0 aliphatic rings. The number of benzene rings is 2. The van der Waals surface area contributed by atoms with Gasteiger partial charge in [0.1, 0.15) is 5.75 Å². The number of hydrogen-bond acceptors (Lipinski definition) is 2. The summed E-state index contributed by atoms with van der Waals surface area (Å²) in [6, 6.07) is 9.64. The van der Waals surface area contributed by atoms with Crippen LogP contribution in [0.25, 0.3) is 0 Å². The second-order valence-corrected chi connectivity index (χ2v) is 5.92. The molecule has 0 atom stereocenters. The largest absolute Gasteiger partial charge is 0.508 e. The maximum Gasteiger partial charge on any atom is 0.257 e. The number of carbonyl (C=O) groups is 1. The molecule has 19 heavy (non-hydrogen) atoms. The third-order valence-corrected chi connectivity index (χ3v) is 3.89. The lowest BCUT2D eigenvalue weighted by molar-refractivity contribution is 0.102. The molecule has 0 bridgehead atoms. The van der Waals surface area contributed by atoms with Gasteiger partial charge < -0.3 is 10.4 Å². The second-order valence-electron chi connectivity index (χ2n) is 3.74. The topological polar surface area (TPSA) is 49.3 Å². The first-order valence-electron chi connectivity index (χ1n) is 5.22. The van der Waals surface area contributed by atoms with Crippen LogP contribution in [0.2, 0.25) is 5.02 Å². The minimum Gasteiger partial charge on any atom is -0.508 e. The molecular formula is C13H8Br2ClNO2. The quantitative estimate of drug-likeness (QED) is 0.752. The van der Waals surface area contributed by atoms with E-state index >= 15 is 0 Å². The highest BCUT2D eigenvalue weighted by Gasteiger charge is 2.13. The summed E-state index contributed by atoms with van der Waals surface area (Å²) in [5.74, 6) is -0.400. The highest BCUT2D eigenvalue weighted by Crippen LogP contribution is 2.28. The smallest absolute Gasteiger partial charge is 0.257 e. The van der Waals surface area contributed by atoms with Gasteiger partial charge in [-0.1, -0.05) is 27.5 Å². The van der Waals surface area contributed by atoms with Crippen molar-refractivity contribution in [3.8, 4) is 5.75 Å². The molecule has 0 fully saturated rings. The van der Waals surface area contributed by atoms with Crippen molar-refractivity contribution in [3.05, 3.63) is 55.9 Å². The van der Waals surface area contributed by atoms with Gasteiger partial charge in [-0.3, -0.25) is 4.79 Å². The summed E-state index contributed by atoms with van der Waals surface area (Å²) in [6.45, 7) is 0. The molecule has 2 N–H and O–H groups in total. The molecular weight excluding hydrogens is 397 g/mol. The lowest BCUT2D eigenvalue weighted by Gasteiger charge is -2.09. The number of halogens is 3. The number of nitrogens with one attached hydrogen (secondary N) is 1. The van der Waals surface area contributed by atoms with Crippen molar-refractivity contribution < 1.29 is 9.90 Å². The van der Waals surface area contributed by atoms with Gasteiger partial charge in [-0.2, -0.15) is 0 Å². The average molecular weight is 405 g/mol. The lowest BCUT2D eigenvalue weighted by Crippen LogP contribution is -2.12. The standard InChI is InChI=1S/C13H8Br2ClNO2/c14-7-1-3-10(15)12(5-7)17-13(19)9-6-8(18)2-4-11(9)16/h1-6,18H,(H,17,19). The maximum atomic E-state index is 12.1. The van der Waals surface area contributed by atoms with Gasteiger partial charge in [-0.15, -0.1) is 0 Å². The summed E-state index contributed by atoms with van der Waals surface area (Å²) < 4.78 is 1.59. The Morgan fingerprint density at radius 2 is 1.89 bits per heavy atom. The molecule has 0 aliphatic heterocycles. The van der Waals surface area contributed by atoms with E-state index in [0.717, 1.165) is 8.95 Å². The number of amides is 1. The van der Waals surface area contributed by atoms with Gasteiger partial charge in [0.05, 0.1) is 16.3 Å². The predicted octanol–water partition coefficient (Wildman–Crippen LogP) is 4.82. The van der Waals surface area contributed by atoms with Gasteiger partial charge >= 0.3 is 0 Å². The number of phenols is 1. The molecule has 0 spiro atoms. The lowest BCUT2D eigenvalue weighted by atomic mass is 10.2. The average Bonchev–Trinajstić information content (AvgIpc) is 2.36. The summed E-state index contributed by atoms with van der Waals surface area (Å²) >= 11 is 12.6. The Morgan fingerprint density at radius 1 is 1.16 bits per heavy atom. The zero-order valence-electron chi connectivity index (χ0n) is 9.45. The van der Waals surface area contributed by atoms with Crippen LogP contribution in [0, 0.1) is 0 Å². The minimum atomic E-state index is -0.389. The first-order valence-corrected chi connectivity index (χ1v) is 7.18. The van der Waals surface area contributed by atoms with Crippen LogP contribution in [-0.2, 0) is 0 Å². The van der Waals surface area contributed by atoms with Crippen molar-refractivity contribution in [2.75, 3.05) is 5.32 Å². The number of carbonyl (C=O) groups excluding carboxylic acids is 1. The summed E-state index contributed by atoms with van der Waals surface area (Å²) in [5.41, 5.74) is 0.826. The summed E-state index contributed by atoms with van der Waals surface area (Å²) in [4.78, 5) is 12.1. The first kappa shape index (κ1) is 14.4. The maximum absolute atomic E-state index is 12.1. The third-order valence-electron chi connectivity index (χ3n) is 2.37. The predicted molar refractivity (Wildman–Crippen MR) is 82.9 cm³/mol. The molecule has 0 aliphatic carbocycles. The highest BCUT2D eigenvalue weighted by molar-refractivity contribution is 9.11. The third kappa shape index (κ3) is 3.49. The van der Waals surface area contributed by atoms with Crippen LogP contribution >= 0.6 is 43.5 Å². The first-order chi connectivity index (χ1) is 8.97. The molecule has 0 unspecified atom stereocenters. The van der Waals surface area contributed by atoms with E-state index < -0.39 is 0 Å². The van der Waals surface area contributed by atoms with Crippen molar-refractivity contribution in [1.82, 2.24) is 0 Å². The second kappa shape index (κ2) is 5.94. The van der Waals surface area contributed by atoms with Gasteiger partial charge in [-0.05, 0) is 52.3 Å². The zero-order chi connectivity index (χ0) is 14.0. The van der Waals surface area contributed by atoms with Gasteiger partial charge in [0.15, 0.2) is 0 Å². The number of phenolic OH excluding ortho intramolecular Hbond substituents is 1. The van der Waals surface area contributed by atoms with Gasteiger partial charge in [0.2, 0.25) is 0 Å². The molecule has 2 rings (SSSR count). The van der Waals surface area contributed by atoms with Crippen LogP contribution in [0.5, 0.6) is 5.75 Å². The number of hydrogen-bond donors (Lipinski definition) is 2. The van der Waals surface area contributed by atoms with E-state index in [1.807, 2.05) is 12.1 Å². The molecule has 2 aromatic carbocycles. The molecule has 1 amide bonds. The minimum absolute atomic E-state index is 0.0112. The Morgan fingerprint density at radius 3 is 2.63 bits per heavy atom. The monoisotopic (exact) mass is 403 g/mol. The van der Waals surface area contributed by atoms with E-state index in [0.29, 0.717) is 5.69 Å². The highest BCUT2D eigenvalue weighted by atomic mass is 79.9. The number of aromatic hydroxyl groups is 1. The normalized spacial score (nSPS) is 10.3. The van der Waals surface area contributed by atoms with E-state index in [1.54, 1.807) is 6.07 Å². The van der Waals surface area contributed by atoms with Crippen LogP contribution in [0.4, 0.5) is 5.69 Å². The van der Waals surface area contributed by atoms with Crippen molar-refractivity contribution in [3.63, 3.8) is 0 Å². The number of rotatable bonds is 2. The molecule has 6 heteroatoms. The molecule has 0 aromatic heterocycles. The van der Waals surface area contributed by atoms with Gasteiger partial charge in [0, 0.05) is 8.95 Å². The molecule has 0 radical (unpaired) electrons. The van der Waals surface area contributed by atoms with E-state index in [2.05, 4.69) is 37.2 Å². The zero-order valence-corrected chi connectivity index (χ0v) is 13.4. The fraction of sp³-hybridized carbons (Fsp3) is 0. The van der Waals surface area contributed by atoms with Crippen molar-refractivity contribution in [1.29, 1.82) is 0 Å². The van der Waals surface area contributed by atoms with Crippen molar-refractivity contribution in [2.24, 2.45) is 0 Å². The van der Waals surface area contributed by atoms with Crippen LogP contribution in [0.15, 0.2) is 45.3 Å². The Balaban J connectivity index is 2.30. The van der Waals surface area contributed by atoms with Gasteiger partial charge in [-0.25, -0.2) is 0 Å². The van der Waals surface area contributed by atoms with Crippen LogP contribution in [0.1, 0.15) is 10.4 Å². The fourth-order valence-corrected chi connectivity index (χ4v) is 2.38. The van der Waals surface area contributed by atoms with Crippen LogP contribution < -0.4 is 5.32 Å². The molecule has 3 nitrogen and oxygen atoms in total. The van der Waals surface area contributed by atoms with Crippen LogP contribution in [-0.4, -0.2) is 11.0 Å². The molecule has 2 aromatic rings. The van der Waals surface area contributed by atoms with Crippen LogP contribution in [0.3, 0.4) is 0 Å². The Labute approximate surface area is 131 Å². The molecule has 0 saturated carbocycles.